The molecule has 0 aromatic rings. The van der Waals surface area contributed by atoms with Crippen molar-refractivity contribution in [1.29, 1.82) is 0 Å². The average Bonchev–Trinajstić information content (AvgIpc) is 2.59. The molecule has 0 amide bonds. The SMILES string of the molecule is CCCCN(C1CC(C)(C)NC(C)(C)C1)S(=O)(=O)N1CCC[C@@H](C(=O)OCC)C1. The number of piperidine rings is 2. The van der Waals surface area contributed by atoms with E-state index in [1.807, 2.05) is 0 Å². The zero-order chi connectivity index (χ0) is 21.9. The average molecular weight is 432 g/mol. The first-order chi connectivity index (χ1) is 13.4. The normalized spacial score (nSPS) is 25.8. The first kappa shape index (κ1) is 24.6. The summed E-state index contributed by atoms with van der Waals surface area (Å²) in [5.74, 6) is -0.649. The number of ether oxygens (including phenoxy) is 1. The zero-order valence-corrected chi connectivity index (χ0v) is 20.0. The molecular weight excluding hydrogens is 390 g/mol. The molecule has 0 spiro atoms. The highest BCUT2D eigenvalue weighted by Gasteiger charge is 2.45. The van der Waals surface area contributed by atoms with E-state index in [1.54, 1.807) is 11.2 Å². The second-order valence-electron chi connectivity index (χ2n) is 9.88. The number of nitrogens with one attached hydrogen (secondary N) is 1. The molecule has 2 aliphatic heterocycles. The van der Waals surface area contributed by atoms with Crippen molar-refractivity contribution in [3.05, 3.63) is 0 Å². The van der Waals surface area contributed by atoms with Gasteiger partial charge in [0.1, 0.15) is 0 Å². The molecule has 170 valence electrons. The second-order valence-corrected chi connectivity index (χ2v) is 11.8. The summed E-state index contributed by atoms with van der Waals surface area (Å²) >= 11 is 0. The minimum Gasteiger partial charge on any atom is -0.466 e. The molecule has 0 bridgehead atoms. The van der Waals surface area contributed by atoms with Crippen molar-refractivity contribution < 1.29 is 17.9 Å². The van der Waals surface area contributed by atoms with E-state index >= 15 is 0 Å². The number of esters is 1. The summed E-state index contributed by atoms with van der Waals surface area (Å²) < 4.78 is 35.8. The largest absolute Gasteiger partial charge is 0.466 e. The Hall–Kier alpha value is -0.700. The van der Waals surface area contributed by atoms with Crippen LogP contribution in [0.25, 0.3) is 0 Å². The lowest BCUT2D eigenvalue weighted by molar-refractivity contribution is -0.149. The summed E-state index contributed by atoms with van der Waals surface area (Å²) in [6, 6.07) is -0.0548. The van der Waals surface area contributed by atoms with Crippen LogP contribution in [-0.2, 0) is 19.7 Å². The van der Waals surface area contributed by atoms with Crippen LogP contribution in [0.3, 0.4) is 0 Å². The van der Waals surface area contributed by atoms with Crippen LogP contribution in [0, 0.1) is 5.92 Å². The lowest BCUT2D eigenvalue weighted by Gasteiger charge is -2.50. The fourth-order valence-corrected chi connectivity index (χ4v) is 6.94. The molecule has 0 unspecified atom stereocenters. The molecule has 2 fully saturated rings. The predicted octanol–water partition coefficient (Wildman–Crippen LogP) is 2.92. The molecule has 0 aliphatic carbocycles. The lowest BCUT2D eigenvalue weighted by Crippen LogP contribution is -2.64. The summed E-state index contributed by atoms with van der Waals surface area (Å²) in [6.45, 7) is 14.0. The molecule has 0 saturated carbocycles. The highest BCUT2D eigenvalue weighted by Crippen LogP contribution is 2.34. The van der Waals surface area contributed by atoms with Gasteiger partial charge in [-0.05, 0) is 66.7 Å². The summed E-state index contributed by atoms with van der Waals surface area (Å²) in [5.41, 5.74) is -0.274. The molecule has 2 aliphatic rings. The topological polar surface area (TPSA) is 79.0 Å². The molecule has 8 heteroatoms. The second kappa shape index (κ2) is 9.62. The van der Waals surface area contributed by atoms with Gasteiger partial charge in [-0.2, -0.15) is 17.0 Å². The van der Waals surface area contributed by atoms with Crippen LogP contribution < -0.4 is 5.32 Å². The van der Waals surface area contributed by atoms with Crippen molar-refractivity contribution in [3.8, 4) is 0 Å². The van der Waals surface area contributed by atoms with Gasteiger partial charge < -0.3 is 10.1 Å². The molecule has 2 saturated heterocycles. The first-order valence-electron chi connectivity index (χ1n) is 11.1. The third-order valence-corrected chi connectivity index (χ3v) is 7.99. The van der Waals surface area contributed by atoms with E-state index in [9.17, 15) is 13.2 Å². The van der Waals surface area contributed by atoms with Crippen LogP contribution in [0.5, 0.6) is 0 Å². The van der Waals surface area contributed by atoms with E-state index in [4.69, 9.17) is 4.74 Å². The molecular formula is C21H41N3O4S. The van der Waals surface area contributed by atoms with Crippen molar-refractivity contribution in [2.75, 3.05) is 26.2 Å². The minimum absolute atomic E-state index is 0.0548. The van der Waals surface area contributed by atoms with Crippen LogP contribution in [-0.4, -0.2) is 66.4 Å². The van der Waals surface area contributed by atoms with Gasteiger partial charge in [0.25, 0.3) is 10.2 Å². The van der Waals surface area contributed by atoms with Gasteiger partial charge in [0.05, 0.1) is 12.5 Å². The van der Waals surface area contributed by atoms with E-state index in [0.717, 1.165) is 25.7 Å². The van der Waals surface area contributed by atoms with Crippen LogP contribution >= 0.6 is 0 Å². The molecule has 1 N–H and O–H groups in total. The molecule has 29 heavy (non-hydrogen) atoms. The summed E-state index contributed by atoms with van der Waals surface area (Å²) in [6.07, 6.45) is 4.69. The number of carbonyl (C=O) groups is 1. The van der Waals surface area contributed by atoms with Crippen molar-refractivity contribution >= 4 is 16.2 Å². The maximum absolute atomic E-state index is 13.7. The Morgan fingerprint density at radius 3 is 2.34 bits per heavy atom. The third-order valence-electron chi connectivity index (χ3n) is 5.93. The van der Waals surface area contributed by atoms with Crippen molar-refractivity contribution in [2.24, 2.45) is 5.92 Å². The van der Waals surface area contributed by atoms with Gasteiger partial charge in [-0.3, -0.25) is 4.79 Å². The number of unbranched alkanes of at least 4 members (excludes halogenated alkanes) is 1. The number of nitrogens with zero attached hydrogens (tertiary/aromatic N) is 2. The van der Waals surface area contributed by atoms with Crippen molar-refractivity contribution in [1.82, 2.24) is 13.9 Å². The smallest absolute Gasteiger partial charge is 0.310 e. The predicted molar refractivity (Wildman–Crippen MR) is 116 cm³/mol. The molecule has 7 nitrogen and oxygen atoms in total. The van der Waals surface area contributed by atoms with Gasteiger partial charge in [-0.25, -0.2) is 0 Å². The Morgan fingerprint density at radius 1 is 1.17 bits per heavy atom. The number of rotatable bonds is 8. The highest BCUT2D eigenvalue weighted by molar-refractivity contribution is 7.86. The minimum atomic E-state index is -3.65. The van der Waals surface area contributed by atoms with E-state index in [1.165, 1.54) is 4.31 Å². The third kappa shape index (κ3) is 6.39. The fraction of sp³-hybridized carbons (Fsp3) is 0.952. The van der Waals surface area contributed by atoms with Crippen LogP contribution in [0.4, 0.5) is 0 Å². The monoisotopic (exact) mass is 431 g/mol. The van der Waals surface area contributed by atoms with Crippen LogP contribution in [0.2, 0.25) is 0 Å². The van der Waals surface area contributed by atoms with E-state index < -0.39 is 10.2 Å². The van der Waals surface area contributed by atoms with Crippen LogP contribution in [0.1, 0.15) is 80.1 Å². The van der Waals surface area contributed by atoms with Crippen LogP contribution in [0.15, 0.2) is 0 Å². The van der Waals surface area contributed by atoms with Gasteiger partial charge in [-0.1, -0.05) is 13.3 Å². The van der Waals surface area contributed by atoms with E-state index in [-0.39, 0.29) is 35.6 Å². The standard InChI is InChI=1S/C21H41N3O4S/c1-7-9-13-24(18-14-20(3,4)22-21(5,6)15-18)29(26,27)23-12-10-11-17(16-23)19(25)28-8-2/h17-18,22H,7-16H2,1-6H3/t17-/m1/s1. The molecule has 0 radical (unpaired) electrons. The van der Waals surface area contributed by atoms with Gasteiger partial charge in [-0.15, -0.1) is 0 Å². The Morgan fingerprint density at radius 2 is 1.79 bits per heavy atom. The lowest BCUT2D eigenvalue weighted by atomic mass is 9.79. The van der Waals surface area contributed by atoms with Crippen molar-refractivity contribution in [3.63, 3.8) is 0 Å². The summed E-state index contributed by atoms with van der Waals surface area (Å²) in [4.78, 5) is 12.2. The van der Waals surface area contributed by atoms with Gasteiger partial charge >= 0.3 is 5.97 Å². The van der Waals surface area contributed by atoms with E-state index in [2.05, 4.69) is 39.9 Å². The highest BCUT2D eigenvalue weighted by atomic mass is 32.2. The Balaban J connectivity index is 2.26. The fourth-order valence-electron chi connectivity index (χ4n) is 5.03. The number of hydrogen-bond donors (Lipinski definition) is 1. The maximum Gasteiger partial charge on any atom is 0.310 e. The van der Waals surface area contributed by atoms with Gasteiger partial charge in [0.15, 0.2) is 0 Å². The first-order valence-corrected chi connectivity index (χ1v) is 12.5. The molecule has 2 heterocycles. The quantitative estimate of drug-likeness (QED) is 0.598. The van der Waals surface area contributed by atoms with Gasteiger partial charge in [0, 0.05) is 36.8 Å². The number of hydrogen-bond acceptors (Lipinski definition) is 5. The maximum atomic E-state index is 13.7. The Bertz CT molecular complexity index is 647. The molecule has 0 aromatic heterocycles. The van der Waals surface area contributed by atoms with Gasteiger partial charge in [0.2, 0.25) is 0 Å². The van der Waals surface area contributed by atoms with Crippen molar-refractivity contribution in [2.45, 2.75) is 97.2 Å². The Labute approximate surface area is 177 Å². The molecule has 0 aromatic carbocycles. The van der Waals surface area contributed by atoms with E-state index in [0.29, 0.717) is 32.5 Å². The molecule has 2 rings (SSSR count). The summed E-state index contributed by atoms with van der Waals surface area (Å²) in [7, 11) is -3.65. The molecule has 1 atom stereocenters. The zero-order valence-electron chi connectivity index (χ0n) is 19.2. The summed E-state index contributed by atoms with van der Waals surface area (Å²) in [5, 5.41) is 3.64. The Kier molecular flexibility index (Phi) is 8.15. The number of carbonyl (C=O) groups excluding carboxylic acids is 1.